The second kappa shape index (κ2) is 6.81. The molecule has 17 heavy (non-hydrogen) atoms. The number of carbonyl (C=O) groups excluding carboxylic acids is 2. The first kappa shape index (κ1) is 13.4. The van der Waals surface area contributed by atoms with Crippen LogP contribution in [0.5, 0.6) is 0 Å². The highest BCUT2D eigenvalue weighted by atomic mass is 16.3. The van der Waals surface area contributed by atoms with Gasteiger partial charge in [0.05, 0.1) is 6.10 Å². The fourth-order valence-electron chi connectivity index (χ4n) is 1.37. The fraction of sp³-hybridized carbons (Fsp3) is 0.385. The van der Waals surface area contributed by atoms with Gasteiger partial charge in [-0.1, -0.05) is 19.1 Å². The third kappa shape index (κ3) is 4.36. The molecule has 0 radical (unpaired) electrons. The molecule has 0 heterocycles. The van der Waals surface area contributed by atoms with E-state index >= 15 is 0 Å². The molecule has 0 fully saturated rings. The predicted octanol–water partition coefficient (Wildman–Crippen LogP) is 1.39. The lowest BCUT2D eigenvalue weighted by molar-refractivity contribution is 0.0941. The van der Waals surface area contributed by atoms with Crippen molar-refractivity contribution in [1.82, 2.24) is 5.32 Å². The van der Waals surface area contributed by atoms with Gasteiger partial charge in [0, 0.05) is 17.7 Å². The van der Waals surface area contributed by atoms with Gasteiger partial charge < -0.3 is 10.4 Å². The molecule has 1 aromatic rings. The molecule has 1 amide bonds. The van der Waals surface area contributed by atoms with Crippen LogP contribution < -0.4 is 5.32 Å². The number of benzene rings is 1. The summed E-state index contributed by atoms with van der Waals surface area (Å²) in [5.41, 5.74) is 1.06. The Balaban J connectivity index is 2.44. The monoisotopic (exact) mass is 235 g/mol. The fourth-order valence-corrected chi connectivity index (χ4v) is 1.37. The number of hydrogen-bond donors (Lipinski definition) is 2. The number of rotatable bonds is 6. The number of amides is 1. The van der Waals surface area contributed by atoms with Crippen molar-refractivity contribution >= 4 is 12.2 Å². The Labute approximate surface area is 101 Å². The van der Waals surface area contributed by atoms with Crippen LogP contribution in [0.2, 0.25) is 0 Å². The van der Waals surface area contributed by atoms with Gasteiger partial charge in [0.2, 0.25) is 0 Å². The highest BCUT2D eigenvalue weighted by Crippen LogP contribution is 2.02. The zero-order valence-electron chi connectivity index (χ0n) is 9.85. The smallest absolute Gasteiger partial charge is 0.251 e. The molecule has 0 aromatic heterocycles. The molecule has 0 saturated heterocycles. The van der Waals surface area contributed by atoms with Crippen LogP contribution >= 0.6 is 0 Å². The first-order valence-corrected chi connectivity index (χ1v) is 5.69. The van der Waals surface area contributed by atoms with Gasteiger partial charge in [-0.05, 0) is 25.0 Å². The lowest BCUT2D eigenvalue weighted by Crippen LogP contribution is -2.26. The second-order valence-corrected chi connectivity index (χ2v) is 3.85. The Morgan fingerprint density at radius 1 is 1.41 bits per heavy atom. The highest BCUT2D eigenvalue weighted by Gasteiger charge is 2.06. The first-order chi connectivity index (χ1) is 8.17. The van der Waals surface area contributed by atoms with E-state index in [2.05, 4.69) is 5.32 Å². The van der Waals surface area contributed by atoms with Crippen molar-refractivity contribution < 1.29 is 14.7 Å². The summed E-state index contributed by atoms with van der Waals surface area (Å²) >= 11 is 0. The van der Waals surface area contributed by atoms with E-state index < -0.39 is 0 Å². The SMILES string of the molecule is CCC(O)CCNC(=O)c1ccc(C=O)cc1. The Hall–Kier alpha value is -1.68. The van der Waals surface area contributed by atoms with Crippen molar-refractivity contribution in [1.29, 1.82) is 0 Å². The summed E-state index contributed by atoms with van der Waals surface area (Å²) in [5.74, 6) is -0.189. The minimum absolute atomic E-state index is 0.189. The van der Waals surface area contributed by atoms with Gasteiger partial charge in [-0.2, -0.15) is 0 Å². The average Bonchev–Trinajstić information content (AvgIpc) is 2.38. The van der Waals surface area contributed by atoms with Gasteiger partial charge in [0.25, 0.3) is 5.91 Å². The number of nitrogens with one attached hydrogen (secondary N) is 1. The zero-order chi connectivity index (χ0) is 12.7. The van der Waals surface area contributed by atoms with Gasteiger partial charge >= 0.3 is 0 Å². The Bertz CT molecular complexity index is 373. The van der Waals surface area contributed by atoms with E-state index in [4.69, 9.17) is 0 Å². The third-order valence-corrected chi connectivity index (χ3v) is 2.54. The minimum Gasteiger partial charge on any atom is -0.393 e. The molecule has 2 N–H and O–H groups in total. The molecular formula is C13H17NO3. The maximum atomic E-state index is 11.6. The van der Waals surface area contributed by atoms with Crippen LogP contribution in [0.1, 0.15) is 40.5 Å². The molecular weight excluding hydrogens is 218 g/mol. The van der Waals surface area contributed by atoms with Crippen molar-refractivity contribution in [2.75, 3.05) is 6.54 Å². The van der Waals surface area contributed by atoms with Crippen molar-refractivity contribution in [3.8, 4) is 0 Å². The maximum absolute atomic E-state index is 11.6. The van der Waals surface area contributed by atoms with Crippen LogP contribution in [0, 0.1) is 0 Å². The van der Waals surface area contributed by atoms with E-state index in [-0.39, 0.29) is 12.0 Å². The minimum atomic E-state index is -0.368. The quantitative estimate of drug-likeness (QED) is 0.732. The van der Waals surface area contributed by atoms with Crippen LogP contribution in [0.3, 0.4) is 0 Å². The normalized spacial score (nSPS) is 11.9. The van der Waals surface area contributed by atoms with Crippen LogP contribution in [0.15, 0.2) is 24.3 Å². The standard InChI is InChI=1S/C13H17NO3/c1-2-12(16)7-8-14-13(17)11-5-3-10(9-15)4-6-11/h3-6,9,12,16H,2,7-8H2,1H3,(H,14,17). The molecule has 1 atom stereocenters. The molecule has 1 rings (SSSR count). The number of carbonyl (C=O) groups is 2. The summed E-state index contributed by atoms with van der Waals surface area (Å²) in [6, 6.07) is 6.41. The lowest BCUT2D eigenvalue weighted by Gasteiger charge is -2.08. The summed E-state index contributed by atoms with van der Waals surface area (Å²) in [6.45, 7) is 2.34. The highest BCUT2D eigenvalue weighted by molar-refractivity contribution is 5.94. The molecule has 1 unspecified atom stereocenters. The van der Waals surface area contributed by atoms with Gasteiger partial charge in [0.1, 0.15) is 6.29 Å². The first-order valence-electron chi connectivity index (χ1n) is 5.69. The predicted molar refractivity (Wildman–Crippen MR) is 65.1 cm³/mol. The molecule has 0 aliphatic rings. The van der Waals surface area contributed by atoms with E-state index in [1.807, 2.05) is 6.92 Å². The molecule has 4 heteroatoms. The topological polar surface area (TPSA) is 66.4 Å². The Morgan fingerprint density at radius 3 is 2.59 bits per heavy atom. The molecule has 1 aromatic carbocycles. The van der Waals surface area contributed by atoms with Crippen LogP contribution in [0.25, 0.3) is 0 Å². The van der Waals surface area contributed by atoms with E-state index in [0.29, 0.717) is 30.5 Å². The van der Waals surface area contributed by atoms with Gasteiger partial charge in [-0.25, -0.2) is 0 Å². The number of aliphatic hydroxyl groups excluding tert-OH is 1. The summed E-state index contributed by atoms with van der Waals surface area (Å²) in [5, 5.41) is 12.0. The van der Waals surface area contributed by atoms with Gasteiger partial charge in [-0.15, -0.1) is 0 Å². The summed E-state index contributed by atoms with van der Waals surface area (Å²) in [6.07, 6.45) is 1.60. The average molecular weight is 235 g/mol. The molecule has 0 spiro atoms. The van der Waals surface area contributed by atoms with Gasteiger partial charge in [0.15, 0.2) is 0 Å². The maximum Gasteiger partial charge on any atom is 0.251 e. The van der Waals surface area contributed by atoms with E-state index in [0.717, 1.165) is 6.29 Å². The van der Waals surface area contributed by atoms with Crippen molar-refractivity contribution in [3.63, 3.8) is 0 Å². The summed E-state index contributed by atoms with van der Waals surface area (Å²) in [7, 11) is 0. The van der Waals surface area contributed by atoms with Crippen LogP contribution in [0.4, 0.5) is 0 Å². The van der Waals surface area contributed by atoms with E-state index in [9.17, 15) is 14.7 Å². The molecule has 0 saturated carbocycles. The second-order valence-electron chi connectivity index (χ2n) is 3.85. The lowest BCUT2D eigenvalue weighted by atomic mass is 10.1. The Morgan fingerprint density at radius 2 is 2.06 bits per heavy atom. The van der Waals surface area contributed by atoms with Crippen molar-refractivity contribution in [2.45, 2.75) is 25.9 Å². The summed E-state index contributed by atoms with van der Waals surface area (Å²) in [4.78, 5) is 22.1. The van der Waals surface area contributed by atoms with Gasteiger partial charge in [-0.3, -0.25) is 9.59 Å². The molecule has 4 nitrogen and oxygen atoms in total. The van der Waals surface area contributed by atoms with Crippen molar-refractivity contribution in [3.05, 3.63) is 35.4 Å². The molecule has 0 bridgehead atoms. The van der Waals surface area contributed by atoms with Crippen LogP contribution in [-0.2, 0) is 0 Å². The molecule has 92 valence electrons. The molecule has 0 aliphatic carbocycles. The van der Waals surface area contributed by atoms with E-state index in [1.54, 1.807) is 24.3 Å². The largest absolute Gasteiger partial charge is 0.393 e. The Kier molecular flexibility index (Phi) is 5.36. The number of hydrogen-bond acceptors (Lipinski definition) is 3. The number of aldehydes is 1. The third-order valence-electron chi connectivity index (χ3n) is 2.54. The number of aliphatic hydroxyl groups is 1. The van der Waals surface area contributed by atoms with Crippen molar-refractivity contribution in [2.24, 2.45) is 0 Å². The van der Waals surface area contributed by atoms with Crippen LogP contribution in [-0.4, -0.2) is 29.9 Å². The molecule has 0 aliphatic heterocycles. The zero-order valence-corrected chi connectivity index (χ0v) is 9.85. The summed E-state index contributed by atoms with van der Waals surface area (Å²) < 4.78 is 0. The van der Waals surface area contributed by atoms with E-state index in [1.165, 1.54) is 0 Å².